The van der Waals surface area contributed by atoms with Crippen molar-refractivity contribution in [3.05, 3.63) is 58.7 Å². The topological polar surface area (TPSA) is 81.7 Å². The number of nitrogens with zero attached hydrogens (tertiary/aromatic N) is 2. The van der Waals surface area contributed by atoms with Crippen LogP contribution in [0, 0.1) is 22.7 Å². The first-order chi connectivity index (χ1) is 10.2. The van der Waals surface area contributed by atoms with Gasteiger partial charge in [0.1, 0.15) is 17.9 Å². The quantitative estimate of drug-likeness (QED) is 0.537. The molecule has 4 heteroatoms. The van der Waals surface area contributed by atoms with E-state index in [1.165, 1.54) is 0 Å². The van der Waals surface area contributed by atoms with Crippen molar-refractivity contribution in [2.75, 3.05) is 0 Å². The molecule has 0 radical (unpaired) electrons. The standard InChI is InChI=1S/C14H8O2.C3H2N2/c15-8-10-5-6-12-11-4-2-1-3-9(11)7-13(12)14(10)16;4-2-1-3-5/h1-6H,7H2;1H2. The predicted octanol–water partition coefficient (Wildman–Crippen LogP) is 2.32. The van der Waals surface area contributed by atoms with E-state index in [0.29, 0.717) is 6.42 Å². The second kappa shape index (κ2) is 6.30. The third-order valence-electron chi connectivity index (χ3n) is 3.20. The molecule has 0 unspecified atom stereocenters. The van der Waals surface area contributed by atoms with E-state index in [1.807, 2.05) is 30.3 Å². The molecule has 4 nitrogen and oxygen atoms in total. The van der Waals surface area contributed by atoms with E-state index >= 15 is 0 Å². The summed E-state index contributed by atoms with van der Waals surface area (Å²) in [6.45, 7) is 0. The molecule has 0 saturated carbocycles. The average Bonchev–Trinajstić information content (AvgIpc) is 2.89. The molecule has 2 aliphatic carbocycles. The molecule has 0 bridgehead atoms. The molecule has 0 amide bonds. The maximum atomic E-state index is 11.9. The summed E-state index contributed by atoms with van der Waals surface area (Å²) in [5.41, 5.74) is 4.07. The number of carbonyl (C=O) groups excluding carboxylic acids is 2. The van der Waals surface area contributed by atoms with Crippen molar-refractivity contribution in [1.82, 2.24) is 0 Å². The number of fused-ring (bicyclic) bond motifs is 2. The van der Waals surface area contributed by atoms with Gasteiger partial charge in [-0.1, -0.05) is 30.3 Å². The monoisotopic (exact) mass is 274 g/mol. The molecule has 100 valence electrons. The van der Waals surface area contributed by atoms with Gasteiger partial charge in [0.15, 0.2) is 0 Å². The number of Topliss-reactive ketones (excluding diaryl/α,β-unsaturated/α-hetero) is 1. The lowest BCUT2D eigenvalue weighted by Crippen LogP contribution is -2.09. The molecule has 0 spiro atoms. The molecule has 0 fully saturated rings. The number of benzene rings is 1. The van der Waals surface area contributed by atoms with Crippen LogP contribution in [0.4, 0.5) is 0 Å². The number of rotatable bonds is 0. The summed E-state index contributed by atoms with van der Waals surface area (Å²) < 4.78 is 0. The van der Waals surface area contributed by atoms with E-state index in [-0.39, 0.29) is 17.8 Å². The zero-order chi connectivity index (χ0) is 15.2. The van der Waals surface area contributed by atoms with Crippen molar-refractivity contribution in [3.63, 3.8) is 0 Å². The Morgan fingerprint density at radius 3 is 2.43 bits per heavy atom. The first-order valence-corrected chi connectivity index (χ1v) is 6.26. The zero-order valence-corrected chi connectivity index (χ0v) is 11.1. The van der Waals surface area contributed by atoms with Crippen molar-refractivity contribution < 1.29 is 9.59 Å². The van der Waals surface area contributed by atoms with Crippen molar-refractivity contribution in [2.45, 2.75) is 12.8 Å². The van der Waals surface area contributed by atoms with Crippen LogP contribution in [0.25, 0.3) is 5.57 Å². The van der Waals surface area contributed by atoms with Crippen LogP contribution < -0.4 is 0 Å². The Balaban J connectivity index is 0.000000282. The maximum Gasteiger partial charge on any atom is 0.201 e. The van der Waals surface area contributed by atoms with Crippen molar-refractivity contribution in [1.29, 1.82) is 10.5 Å². The average molecular weight is 274 g/mol. The van der Waals surface area contributed by atoms with Gasteiger partial charge in [-0.3, -0.25) is 4.79 Å². The molecule has 1 aromatic carbocycles. The van der Waals surface area contributed by atoms with Crippen LogP contribution in [-0.4, -0.2) is 11.7 Å². The molecule has 21 heavy (non-hydrogen) atoms. The highest BCUT2D eigenvalue weighted by molar-refractivity contribution is 6.22. The fourth-order valence-electron chi connectivity index (χ4n) is 2.30. The summed E-state index contributed by atoms with van der Waals surface area (Å²) in [7, 11) is 0. The van der Waals surface area contributed by atoms with Gasteiger partial charge in [0.05, 0.1) is 12.1 Å². The maximum absolute atomic E-state index is 11.9. The minimum Gasteiger partial charge on any atom is -0.288 e. The smallest absolute Gasteiger partial charge is 0.201 e. The van der Waals surface area contributed by atoms with E-state index in [9.17, 15) is 9.59 Å². The normalized spacial score (nSPS) is 14.2. The van der Waals surface area contributed by atoms with Crippen LogP contribution in [0.15, 0.2) is 47.6 Å². The van der Waals surface area contributed by atoms with Crippen LogP contribution in [0.2, 0.25) is 0 Å². The second-order valence-electron chi connectivity index (χ2n) is 4.40. The molecule has 0 aromatic heterocycles. The highest BCUT2D eigenvalue weighted by atomic mass is 16.1. The molecule has 0 atom stereocenters. The minimum absolute atomic E-state index is 0. The van der Waals surface area contributed by atoms with Crippen LogP contribution in [0.1, 0.15) is 17.5 Å². The molecule has 0 N–H and O–H groups in total. The number of ketones is 1. The molecular formula is C17H10N2O2. The third-order valence-corrected chi connectivity index (χ3v) is 3.20. The Labute approximate surface area is 121 Å². The lowest BCUT2D eigenvalue weighted by molar-refractivity contribution is -0.111. The summed E-state index contributed by atoms with van der Waals surface area (Å²) >= 11 is 0. The number of hydrogen-bond donors (Lipinski definition) is 0. The van der Waals surface area contributed by atoms with Gasteiger partial charge in [-0.2, -0.15) is 10.5 Å². The lowest BCUT2D eigenvalue weighted by atomic mass is 9.94. The van der Waals surface area contributed by atoms with Gasteiger partial charge in [-0.15, -0.1) is 0 Å². The summed E-state index contributed by atoms with van der Waals surface area (Å²) in [6, 6.07) is 11.2. The van der Waals surface area contributed by atoms with Crippen molar-refractivity contribution in [3.8, 4) is 12.1 Å². The van der Waals surface area contributed by atoms with E-state index in [1.54, 1.807) is 24.2 Å². The summed E-state index contributed by atoms with van der Waals surface area (Å²) in [5.74, 6) is 1.51. The fraction of sp³-hybridized carbons (Fsp3) is 0.118. The van der Waals surface area contributed by atoms with E-state index in [4.69, 9.17) is 10.5 Å². The van der Waals surface area contributed by atoms with Crippen molar-refractivity contribution >= 4 is 17.3 Å². The Hall–Kier alpha value is -3.20. The Morgan fingerprint density at radius 1 is 1.10 bits per heavy atom. The molecule has 1 aromatic rings. The number of nitriles is 2. The fourth-order valence-corrected chi connectivity index (χ4v) is 2.30. The highest BCUT2D eigenvalue weighted by Crippen LogP contribution is 2.37. The summed E-state index contributed by atoms with van der Waals surface area (Å²) in [6.07, 6.45) is 4.01. The van der Waals surface area contributed by atoms with Crippen LogP contribution >= 0.6 is 0 Å². The lowest BCUT2D eigenvalue weighted by Gasteiger charge is -2.07. The number of hydrogen-bond acceptors (Lipinski definition) is 4. The van der Waals surface area contributed by atoms with E-state index < -0.39 is 0 Å². The number of carbonyl (C=O) groups is 1. The highest BCUT2D eigenvalue weighted by Gasteiger charge is 2.28. The Bertz CT molecular complexity index is 783. The zero-order valence-electron chi connectivity index (χ0n) is 11.1. The van der Waals surface area contributed by atoms with Crippen LogP contribution in [0.5, 0.6) is 0 Å². The first kappa shape index (κ1) is 14.2. The predicted molar refractivity (Wildman–Crippen MR) is 76.3 cm³/mol. The molecule has 0 saturated heterocycles. The van der Waals surface area contributed by atoms with Gasteiger partial charge in [0, 0.05) is 12.0 Å². The van der Waals surface area contributed by atoms with Crippen molar-refractivity contribution in [2.24, 2.45) is 0 Å². The Morgan fingerprint density at radius 2 is 1.81 bits per heavy atom. The third kappa shape index (κ3) is 2.72. The molecule has 3 rings (SSSR count). The Kier molecular flexibility index (Phi) is 4.26. The summed E-state index contributed by atoms with van der Waals surface area (Å²) in [4.78, 5) is 22.5. The van der Waals surface area contributed by atoms with Gasteiger partial charge < -0.3 is 0 Å². The summed E-state index contributed by atoms with van der Waals surface area (Å²) in [5, 5.41) is 15.2. The van der Waals surface area contributed by atoms with Gasteiger partial charge in [0.25, 0.3) is 0 Å². The van der Waals surface area contributed by atoms with Crippen LogP contribution in [-0.2, 0) is 16.0 Å². The largest absolute Gasteiger partial charge is 0.288 e. The van der Waals surface area contributed by atoms with Gasteiger partial charge in [0.2, 0.25) is 5.78 Å². The molecular weight excluding hydrogens is 264 g/mol. The minimum atomic E-state index is -0.177. The van der Waals surface area contributed by atoms with E-state index in [0.717, 1.165) is 22.3 Å². The molecule has 0 aliphatic heterocycles. The van der Waals surface area contributed by atoms with Crippen LogP contribution in [0.3, 0.4) is 0 Å². The van der Waals surface area contributed by atoms with Gasteiger partial charge in [-0.05, 0) is 22.8 Å². The molecule has 0 heterocycles. The van der Waals surface area contributed by atoms with Gasteiger partial charge in [-0.25, -0.2) is 4.79 Å². The molecule has 2 aliphatic rings. The number of allylic oxidation sites excluding steroid dienone is 5. The van der Waals surface area contributed by atoms with E-state index in [2.05, 4.69) is 0 Å². The van der Waals surface area contributed by atoms with Gasteiger partial charge >= 0.3 is 0 Å². The first-order valence-electron chi connectivity index (χ1n) is 6.26. The second-order valence-corrected chi connectivity index (χ2v) is 4.40. The SMILES string of the molecule is N#CCC#N.O=C=C1C=CC2=C(Cc3ccccc32)C1=O.